The zero-order chi connectivity index (χ0) is 19.1. The van der Waals surface area contributed by atoms with Gasteiger partial charge in [-0.1, -0.05) is 48.0 Å². The average Bonchev–Trinajstić information content (AvgIpc) is 2.68. The van der Waals surface area contributed by atoms with Gasteiger partial charge in [0.25, 0.3) is 0 Å². The minimum atomic E-state index is 0.694. The summed E-state index contributed by atoms with van der Waals surface area (Å²) in [6, 6.07) is 18.3. The predicted molar refractivity (Wildman–Crippen MR) is 112 cm³/mol. The van der Waals surface area contributed by atoms with Crippen LogP contribution in [0.1, 0.15) is 17.5 Å². The number of aromatic nitrogens is 2. The SMILES string of the molecule is COCCCNc1cc(Nc2ccc(C)cc2C)nc(-c2ccccc2)n1. The van der Waals surface area contributed by atoms with Gasteiger partial charge < -0.3 is 15.4 Å². The van der Waals surface area contributed by atoms with Crippen molar-refractivity contribution in [1.82, 2.24) is 9.97 Å². The molecule has 27 heavy (non-hydrogen) atoms. The molecule has 1 heterocycles. The van der Waals surface area contributed by atoms with E-state index in [-0.39, 0.29) is 0 Å². The van der Waals surface area contributed by atoms with Crippen molar-refractivity contribution in [3.8, 4) is 11.4 Å². The maximum Gasteiger partial charge on any atom is 0.163 e. The van der Waals surface area contributed by atoms with Crippen molar-refractivity contribution in [3.05, 3.63) is 65.7 Å². The maximum absolute atomic E-state index is 5.11. The molecule has 0 amide bonds. The van der Waals surface area contributed by atoms with E-state index >= 15 is 0 Å². The molecule has 0 spiro atoms. The summed E-state index contributed by atoms with van der Waals surface area (Å²) in [5, 5.41) is 6.80. The van der Waals surface area contributed by atoms with Crippen molar-refractivity contribution in [2.24, 2.45) is 0 Å². The van der Waals surface area contributed by atoms with Crippen LogP contribution in [-0.2, 0) is 4.74 Å². The Bertz CT molecular complexity index is 881. The topological polar surface area (TPSA) is 59.1 Å². The fourth-order valence-corrected chi connectivity index (χ4v) is 2.84. The molecule has 1 aromatic heterocycles. The Morgan fingerprint density at radius 1 is 0.926 bits per heavy atom. The molecule has 0 bridgehead atoms. The van der Waals surface area contributed by atoms with Gasteiger partial charge in [0.2, 0.25) is 0 Å². The van der Waals surface area contributed by atoms with E-state index in [1.54, 1.807) is 7.11 Å². The molecule has 0 aliphatic rings. The van der Waals surface area contributed by atoms with Crippen molar-refractivity contribution in [3.63, 3.8) is 0 Å². The summed E-state index contributed by atoms with van der Waals surface area (Å²) >= 11 is 0. The number of hydrogen-bond acceptors (Lipinski definition) is 5. The lowest BCUT2D eigenvalue weighted by Gasteiger charge is -2.13. The summed E-state index contributed by atoms with van der Waals surface area (Å²) < 4.78 is 5.11. The molecule has 0 saturated carbocycles. The Labute approximate surface area is 160 Å². The van der Waals surface area contributed by atoms with Crippen LogP contribution in [0, 0.1) is 13.8 Å². The molecule has 2 N–H and O–H groups in total. The molecule has 0 aliphatic carbocycles. The molecule has 3 aromatic rings. The van der Waals surface area contributed by atoms with E-state index in [1.165, 1.54) is 11.1 Å². The number of rotatable bonds is 8. The maximum atomic E-state index is 5.11. The van der Waals surface area contributed by atoms with Crippen molar-refractivity contribution >= 4 is 17.3 Å². The number of benzene rings is 2. The van der Waals surface area contributed by atoms with E-state index in [1.807, 2.05) is 36.4 Å². The van der Waals surface area contributed by atoms with E-state index in [0.717, 1.165) is 42.5 Å². The third-order valence-electron chi connectivity index (χ3n) is 4.23. The molecule has 0 unspecified atom stereocenters. The van der Waals surface area contributed by atoms with Crippen LogP contribution < -0.4 is 10.6 Å². The molecule has 2 aromatic carbocycles. The Kier molecular flexibility index (Phi) is 6.39. The molecule has 0 saturated heterocycles. The molecule has 3 rings (SSSR count). The van der Waals surface area contributed by atoms with Crippen molar-refractivity contribution in [1.29, 1.82) is 0 Å². The van der Waals surface area contributed by atoms with Crippen LogP contribution in [0.15, 0.2) is 54.6 Å². The first kappa shape index (κ1) is 18.9. The van der Waals surface area contributed by atoms with Gasteiger partial charge in [-0.3, -0.25) is 0 Å². The van der Waals surface area contributed by atoms with Gasteiger partial charge in [-0.2, -0.15) is 0 Å². The lowest BCUT2D eigenvalue weighted by molar-refractivity contribution is 0.198. The third kappa shape index (κ3) is 5.28. The first-order chi connectivity index (χ1) is 13.2. The van der Waals surface area contributed by atoms with Gasteiger partial charge >= 0.3 is 0 Å². The highest BCUT2D eigenvalue weighted by Crippen LogP contribution is 2.24. The summed E-state index contributed by atoms with van der Waals surface area (Å²) in [6.07, 6.45) is 0.918. The molecule has 0 atom stereocenters. The summed E-state index contributed by atoms with van der Waals surface area (Å²) in [6.45, 7) is 5.70. The van der Waals surface area contributed by atoms with Gasteiger partial charge in [-0.05, 0) is 31.9 Å². The van der Waals surface area contributed by atoms with E-state index in [0.29, 0.717) is 5.82 Å². The number of methoxy groups -OCH3 is 1. The number of nitrogens with one attached hydrogen (secondary N) is 2. The summed E-state index contributed by atoms with van der Waals surface area (Å²) in [7, 11) is 1.71. The molecular formula is C22H26N4O. The molecule has 0 aliphatic heterocycles. The monoisotopic (exact) mass is 362 g/mol. The van der Waals surface area contributed by atoms with Crippen LogP contribution in [0.25, 0.3) is 11.4 Å². The van der Waals surface area contributed by atoms with Gasteiger partial charge in [0.1, 0.15) is 11.6 Å². The average molecular weight is 362 g/mol. The summed E-state index contributed by atoms with van der Waals surface area (Å²) in [5.74, 6) is 2.26. The smallest absolute Gasteiger partial charge is 0.163 e. The molecule has 140 valence electrons. The normalized spacial score (nSPS) is 10.6. The van der Waals surface area contributed by atoms with E-state index in [2.05, 4.69) is 47.7 Å². The molecular weight excluding hydrogens is 336 g/mol. The number of hydrogen-bond donors (Lipinski definition) is 2. The van der Waals surface area contributed by atoms with E-state index < -0.39 is 0 Å². The van der Waals surface area contributed by atoms with Crippen LogP contribution in [0.3, 0.4) is 0 Å². The third-order valence-corrected chi connectivity index (χ3v) is 4.23. The lowest BCUT2D eigenvalue weighted by Crippen LogP contribution is -2.08. The standard InChI is InChI=1S/C22H26N4O/c1-16-10-11-19(17(2)14-16)24-21-15-20(23-12-7-13-27-3)25-22(26-21)18-8-5-4-6-9-18/h4-6,8-11,14-15H,7,12-13H2,1-3H3,(H2,23,24,25,26). The highest BCUT2D eigenvalue weighted by atomic mass is 16.5. The fourth-order valence-electron chi connectivity index (χ4n) is 2.84. The van der Waals surface area contributed by atoms with E-state index in [9.17, 15) is 0 Å². The predicted octanol–water partition coefficient (Wildman–Crippen LogP) is 4.95. The van der Waals surface area contributed by atoms with Crippen LogP contribution in [0.5, 0.6) is 0 Å². The van der Waals surface area contributed by atoms with Crippen LogP contribution >= 0.6 is 0 Å². The van der Waals surface area contributed by atoms with Gasteiger partial charge in [0.15, 0.2) is 5.82 Å². The number of anilines is 3. The zero-order valence-corrected chi connectivity index (χ0v) is 16.1. The highest BCUT2D eigenvalue weighted by molar-refractivity contribution is 5.66. The second-order valence-corrected chi connectivity index (χ2v) is 6.54. The number of nitrogens with zero attached hydrogens (tertiary/aromatic N) is 2. The summed E-state index contributed by atoms with van der Waals surface area (Å²) in [4.78, 5) is 9.40. The second-order valence-electron chi connectivity index (χ2n) is 6.54. The quantitative estimate of drug-likeness (QED) is 0.555. The lowest BCUT2D eigenvalue weighted by atomic mass is 10.1. The highest BCUT2D eigenvalue weighted by Gasteiger charge is 2.08. The van der Waals surface area contributed by atoms with Crippen LogP contribution in [-0.4, -0.2) is 30.2 Å². The summed E-state index contributed by atoms with van der Waals surface area (Å²) in [5.41, 5.74) is 4.46. The second kappa shape index (κ2) is 9.14. The van der Waals surface area contributed by atoms with Gasteiger partial charge in [0, 0.05) is 37.6 Å². The van der Waals surface area contributed by atoms with Gasteiger partial charge in [-0.25, -0.2) is 9.97 Å². The van der Waals surface area contributed by atoms with Crippen molar-refractivity contribution < 1.29 is 4.74 Å². The largest absolute Gasteiger partial charge is 0.385 e. The molecule has 0 fully saturated rings. The first-order valence-electron chi connectivity index (χ1n) is 9.17. The van der Waals surface area contributed by atoms with Crippen molar-refractivity contribution in [2.75, 3.05) is 30.9 Å². The number of ether oxygens (including phenoxy) is 1. The molecule has 5 heteroatoms. The van der Waals surface area contributed by atoms with Crippen LogP contribution in [0.2, 0.25) is 0 Å². The zero-order valence-electron chi connectivity index (χ0n) is 16.1. The van der Waals surface area contributed by atoms with Crippen LogP contribution in [0.4, 0.5) is 17.3 Å². The van der Waals surface area contributed by atoms with Gasteiger partial charge in [-0.15, -0.1) is 0 Å². The molecule has 0 radical (unpaired) electrons. The number of aryl methyl sites for hydroxylation is 2. The fraction of sp³-hybridized carbons (Fsp3) is 0.273. The minimum absolute atomic E-state index is 0.694. The van der Waals surface area contributed by atoms with E-state index in [4.69, 9.17) is 9.72 Å². The Hall–Kier alpha value is -2.92. The minimum Gasteiger partial charge on any atom is -0.385 e. The Morgan fingerprint density at radius 3 is 2.44 bits per heavy atom. The Balaban J connectivity index is 1.89. The first-order valence-corrected chi connectivity index (χ1v) is 9.17. The van der Waals surface area contributed by atoms with Crippen molar-refractivity contribution in [2.45, 2.75) is 20.3 Å². The van der Waals surface area contributed by atoms with Gasteiger partial charge in [0.05, 0.1) is 0 Å². The molecule has 5 nitrogen and oxygen atoms in total. The Morgan fingerprint density at radius 2 is 1.70 bits per heavy atom.